The van der Waals surface area contributed by atoms with Gasteiger partial charge in [0.05, 0.1) is 5.60 Å². The number of nitrogens with one attached hydrogen (secondary N) is 1. The molecule has 1 unspecified atom stereocenters. The van der Waals surface area contributed by atoms with Crippen LogP contribution in [0.15, 0.2) is 0 Å². The average Bonchev–Trinajstić information content (AvgIpc) is 2.83. The Morgan fingerprint density at radius 2 is 1.76 bits per heavy atom. The summed E-state index contributed by atoms with van der Waals surface area (Å²) >= 11 is 0. The lowest BCUT2D eigenvalue weighted by Gasteiger charge is -2.36. The molecule has 2 nitrogen and oxygen atoms in total. The van der Waals surface area contributed by atoms with Gasteiger partial charge in [-0.05, 0) is 26.3 Å². The highest BCUT2D eigenvalue weighted by atomic mass is 16.5. The highest BCUT2D eigenvalue weighted by Crippen LogP contribution is 2.37. The monoisotopic (exact) mass is 241 g/mol. The summed E-state index contributed by atoms with van der Waals surface area (Å²) in [7, 11) is 3.99. The average molecular weight is 241 g/mol. The molecule has 0 saturated heterocycles. The van der Waals surface area contributed by atoms with Crippen molar-refractivity contribution < 1.29 is 4.74 Å². The van der Waals surface area contributed by atoms with Crippen LogP contribution in [0.3, 0.4) is 0 Å². The van der Waals surface area contributed by atoms with Gasteiger partial charge < -0.3 is 10.1 Å². The van der Waals surface area contributed by atoms with Crippen molar-refractivity contribution in [2.24, 2.45) is 0 Å². The molecule has 0 aromatic rings. The predicted molar refractivity (Wildman–Crippen MR) is 74.4 cm³/mol. The van der Waals surface area contributed by atoms with Crippen LogP contribution >= 0.6 is 0 Å². The molecule has 17 heavy (non-hydrogen) atoms. The lowest BCUT2D eigenvalue weighted by atomic mass is 9.88. The van der Waals surface area contributed by atoms with E-state index in [9.17, 15) is 0 Å². The highest BCUT2D eigenvalue weighted by Gasteiger charge is 2.40. The van der Waals surface area contributed by atoms with Gasteiger partial charge >= 0.3 is 0 Å². The van der Waals surface area contributed by atoms with E-state index < -0.39 is 0 Å². The van der Waals surface area contributed by atoms with Gasteiger partial charge in [0, 0.05) is 13.2 Å². The largest absolute Gasteiger partial charge is 0.377 e. The molecule has 102 valence electrons. The maximum Gasteiger partial charge on any atom is 0.0830 e. The highest BCUT2D eigenvalue weighted by molar-refractivity contribution is 4.96. The summed E-state index contributed by atoms with van der Waals surface area (Å²) in [5.41, 5.74) is 0.138. The van der Waals surface area contributed by atoms with Crippen molar-refractivity contribution in [1.29, 1.82) is 0 Å². The second-order valence-corrected chi connectivity index (χ2v) is 5.52. The molecule has 0 amide bonds. The van der Waals surface area contributed by atoms with E-state index in [2.05, 4.69) is 19.3 Å². The maximum absolute atomic E-state index is 5.87. The molecule has 1 aliphatic rings. The van der Waals surface area contributed by atoms with Gasteiger partial charge in [-0.2, -0.15) is 0 Å². The summed E-state index contributed by atoms with van der Waals surface area (Å²) in [6.45, 7) is 2.27. The van der Waals surface area contributed by atoms with E-state index in [1.165, 1.54) is 64.2 Å². The lowest BCUT2D eigenvalue weighted by molar-refractivity contribution is -0.0364. The number of hydrogen-bond donors (Lipinski definition) is 1. The van der Waals surface area contributed by atoms with Crippen LogP contribution in [0.25, 0.3) is 0 Å². The van der Waals surface area contributed by atoms with Crippen LogP contribution in [0, 0.1) is 0 Å². The van der Waals surface area contributed by atoms with E-state index in [0.717, 1.165) is 0 Å². The second-order valence-electron chi connectivity index (χ2n) is 5.52. The number of unbranched alkanes of at least 4 members (excludes halogenated alkanes) is 4. The number of rotatable bonds is 9. The fourth-order valence-electron chi connectivity index (χ4n) is 3.29. The molecule has 1 saturated carbocycles. The Labute approximate surface area is 108 Å². The zero-order valence-corrected chi connectivity index (χ0v) is 12.1. The lowest BCUT2D eigenvalue weighted by Crippen LogP contribution is -2.49. The molecule has 0 heterocycles. The summed E-state index contributed by atoms with van der Waals surface area (Å²) < 4.78 is 5.87. The summed E-state index contributed by atoms with van der Waals surface area (Å²) in [5, 5.41) is 3.50. The van der Waals surface area contributed by atoms with Gasteiger partial charge in [0.15, 0.2) is 0 Å². The zero-order chi connectivity index (χ0) is 12.6. The van der Waals surface area contributed by atoms with Gasteiger partial charge in [0.2, 0.25) is 0 Å². The van der Waals surface area contributed by atoms with Crippen molar-refractivity contribution >= 4 is 0 Å². The van der Waals surface area contributed by atoms with E-state index in [1.54, 1.807) is 0 Å². The predicted octanol–water partition coefficient (Wildman–Crippen LogP) is 3.89. The minimum absolute atomic E-state index is 0.138. The molecular formula is C15H31NO. The Morgan fingerprint density at radius 3 is 2.29 bits per heavy atom. The van der Waals surface area contributed by atoms with Crippen LogP contribution in [0.4, 0.5) is 0 Å². The molecule has 1 rings (SSSR count). The van der Waals surface area contributed by atoms with Crippen LogP contribution in [-0.2, 0) is 4.74 Å². The number of methoxy groups -OCH3 is 1. The molecule has 0 aromatic heterocycles. The smallest absolute Gasteiger partial charge is 0.0830 e. The van der Waals surface area contributed by atoms with Crippen molar-refractivity contribution in [3.8, 4) is 0 Å². The summed E-state index contributed by atoms with van der Waals surface area (Å²) in [5.74, 6) is 0. The van der Waals surface area contributed by atoms with Gasteiger partial charge in [-0.1, -0.05) is 51.9 Å². The summed E-state index contributed by atoms with van der Waals surface area (Å²) in [4.78, 5) is 0. The van der Waals surface area contributed by atoms with Crippen LogP contribution in [0.1, 0.15) is 71.1 Å². The fraction of sp³-hybridized carbons (Fsp3) is 1.00. The molecular weight excluding hydrogens is 210 g/mol. The second kappa shape index (κ2) is 8.10. The topological polar surface area (TPSA) is 21.3 Å². The van der Waals surface area contributed by atoms with Crippen molar-refractivity contribution in [1.82, 2.24) is 5.32 Å². The molecule has 0 radical (unpaired) electrons. The Kier molecular flexibility index (Phi) is 7.14. The molecule has 1 aliphatic carbocycles. The van der Waals surface area contributed by atoms with Gasteiger partial charge in [0.1, 0.15) is 0 Å². The van der Waals surface area contributed by atoms with Crippen LogP contribution in [0.5, 0.6) is 0 Å². The van der Waals surface area contributed by atoms with Gasteiger partial charge in [0.25, 0.3) is 0 Å². The molecule has 1 fully saturated rings. The third-order valence-electron chi connectivity index (χ3n) is 4.44. The van der Waals surface area contributed by atoms with E-state index in [1.807, 2.05) is 7.11 Å². The third kappa shape index (κ3) is 4.26. The van der Waals surface area contributed by atoms with Crippen LogP contribution in [-0.4, -0.2) is 25.8 Å². The molecule has 1 N–H and O–H groups in total. The summed E-state index contributed by atoms with van der Waals surface area (Å²) in [6, 6.07) is 0.552. The number of likely N-dealkylation sites (N-methyl/N-ethyl adjacent to an activating group) is 1. The number of ether oxygens (including phenoxy) is 1. The molecule has 1 atom stereocenters. The minimum atomic E-state index is 0.138. The normalized spacial score (nSPS) is 20.6. The first-order chi connectivity index (χ1) is 8.29. The fourth-order valence-corrected chi connectivity index (χ4v) is 3.29. The standard InChI is InChI=1S/C15H31NO/c1-4-5-6-7-8-11-14(16-2)15(17-3)12-9-10-13-15/h14,16H,4-13H2,1-3H3. The first-order valence-corrected chi connectivity index (χ1v) is 7.51. The van der Waals surface area contributed by atoms with Crippen LogP contribution in [0.2, 0.25) is 0 Å². The van der Waals surface area contributed by atoms with E-state index in [4.69, 9.17) is 4.74 Å². The van der Waals surface area contributed by atoms with E-state index in [-0.39, 0.29) is 5.60 Å². The Bertz CT molecular complexity index is 187. The summed E-state index contributed by atoms with van der Waals surface area (Å²) in [6.07, 6.45) is 13.3. The Balaban J connectivity index is 2.31. The van der Waals surface area contributed by atoms with Crippen molar-refractivity contribution in [3.63, 3.8) is 0 Å². The Hall–Kier alpha value is -0.0800. The maximum atomic E-state index is 5.87. The van der Waals surface area contributed by atoms with E-state index >= 15 is 0 Å². The first kappa shape index (κ1) is 15.0. The molecule has 0 aromatic carbocycles. The molecule has 0 bridgehead atoms. The molecule has 2 heteroatoms. The zero-order valence-electron chi connectivity index (χ0n) is 12.1. The van der Waals surface area contributed by atoms with Gasteiger partial charge in [-0.25, -0.2) is 0 Å². The first-order valence-electron chi connectivity index (χ1n) is 7.51. The van der Waals surface area contributed by atoms with Crippen molar-refractivity contribution in [2.75, 3.05) is 14.2 Å². The number of hydrogen-bond acceptors (Lipinski definition) is 2. The minimum Gasteiger partial charge on any atom is -0.377 e. The SMILES string of the molecule is CCCCCCCC(NC)C1(OC)CCCC1. The van der Waals surface area contributed by atoms with Crippen molar-refractivity contribution in [3.05, 3.63) is 0 Å². The van der Waals surface area contributed by atoms with E-state index in [0.29, 0.717) is 6.04 Å². The quantitative estimate of drug-likeness (QED) is 0.618. The molecule has 0 aliphatic heterocycles. The Morgan fingerprint density at radius 1 is 1.12 bits per heavy atom. The molecule has 0 spiro atoms. The van der Waals surface area contributed by atoms with Crippen LogP contribution < -0.4 is 5.32 Å². The van der Waals surface area contributed by atoms with Crippen molar-refractivity contribution in [2.45, 2.75) is 82.8 Å². The van der Waals surface area contributed by atoms with Gasteiger partial charge in [-0.3, -0.25) is 0 Å². The van der Waals surface area contributed by atoms with Gasteiger partial charge in [-0.15, -0.1) is 0 Å². The third-order valence-corrected chi connectivity index (χ3v) is 4.44.